The van der Waals surface area contributed by atoms with E-state index in [1.807, 2.05) is 0 Å². The Morgan fingerprint density at radius 2 is 1.80 bits per heavy atom. The van der Waals surface area contributed by atoms with Crippen LogP contribution >= 0.6 is 12.4 Å². The molecule has 2 rings (SSSR count). The number of hydrogen-bond acceptors (Lipinski definition) is 3. The molecule has 1 heterocycles. The molecule has 0 unspecified atom stereocenters. The van der Waals surface area contributed by atoms with Crippen LogP contribution in [0.5, 0.6) is 5.75 Å². The van der Waals surface area contributed by atoms with Crippen molar-refractivity contribution in [2.24, 2.45) is 0 Å². The maximum Gasteiger partial charge on any atom is 0.573 e. The number of hydrogen-bond donors (Lipinski definition) is 1. The third kappa shape index (κ3) is 4.76. The Bertz CT molecular complexity index is 434. The number of nitrogens with zero attached hydrogens (tertiary/aromatic N) is 1. The highest BCUT2D eigenvalue weighted by Gasteiger charge is 2.31. The standard InChI is InChI=1S/C13H17F3N2O.ClH/c1-12(2)9-18(8-7-17-12)10-3-5-11(6-4-10)19-13(14,15)16;/h3-6,17H,7-9H2,1-2H3;1H. The first-order valence-electron chi connectivity index (χ1n) is 6.11. The number of halogens is 4. The largest absolute Gasteiger partial charge is 0.573 e. The molecule has 0 aliphatic carbocycles. The van der Waals surface area contributed by atoms with Crippen molar-refractivity contribution < 1.29 is 17.9 Å². The lowest BCUT2D eigenvalue weighted by molar-refractivity contribution is -0.274. The average molecular weight is 311 g/mol. The Morgan fingerprint density at radius 3 is 2.30 bits per heavy atom. The Labute approximate surface area is 122 Å². The zero-order valence-electron chi connectivity index (χ0n) is 11.3. The zero-order valence-corrected chi connectivity index (χ0v) is 12.1. The molecule has 0 atom stereocenters. The van der Waals surface area contributed by atoms with Gasteiger partial charge in [-0.2, -0.15) is 0 Å². The minimum absolute atomic E-state index is 0. The zero-order chi connectivity index (χ0) is 14.1. The third-order valence-corrected chi connectivity index (χ3v) is 3.01. The van der Waals surface area contributed by atoms with E-state index in [2.05, 4.69) is 28.8 Å². The molecule has 1 aromatic carbocycles. The van der Waals surface area contributed by atoms with Gasteiger partial charge in [-0.25, -0.2) is 0 Å². The third-order valence-electron chi connectivity index (χ3n) is 3.01. The van der Waals surface area contributed by atoms with Crippen LogP contribution in [0.1, 0.15) is 13.8 Å². The second-order valence-electron chi connectivity index (χ2n) is 5.27. The van der Waals surface area contributed by atoms with Crippen LogP contribution in [0.25, 0.3) is 0 Å². The van der Waals surface area contributed by atoms with Gasteiger partial charge in [0.15, 0.2) is 0 Å². The molecular weight excluding hydrogens is 293 g/mol. The maximum absolute atomic E-state index is 12.1. The van der Waals surface area contributed by atoms with Crippen molar-refractivity contribution in [2.75, 3.05) is 24.5 Å². The molecule has 1 aliphatic rings. The molecule has 1 fully saturated rings. The molecule has 0 amide bonds. The first-order chi connectivity index (χ1) is 8.75. The predicted octanol–water partition coefficient (Wildman–Crippen LogP) is 3.20. The summed E-state index contributed by atoms with van der Waals surface area (Å²) in [6, 6.07) is 6.00. The molecular formula is C13H18ClF3N2O. The van der Waals surface area contributed by atoms with E-state index in [-0.39, 0.29) is 23.7 Å². The second-order valence-corrected chi connectivity index (χ2v) is 5.27. The highest BCUT2D eigenvalue weighted by Crippen LogP contribution is 2.26. The molecule has 1 aliphatic heterocycles. The van der Waals surface area contributed by atoms with Crippen LogP contribution in [0.3, 0.4) is 0 Å². The number of anilines is 1. The minimum atomic E-state index is -4.64. The Balaban J connectivity index is 0.00000200. The van der Waals surface area contributed by atoms with Crippen molar-refractivity contribution in [2.45, 2.75) is 25.7 Å². The lowest BCUT2D eigenvalue weighted by atomic mass is 10.0. The van der Waals surface area contributed by atoms with Crippen molar-refractivity contribution in [1.82, 2.24) is 5.32 Å². The number of piperazine rings is 1. The lowest BCUT2D eigenvalue weighted by Gasteiger charge is -2.40. The summed E-state index contributed by atoms with van der Waals surface area (Å²) in [5.74, 6) is -0.189. The highest BCUT2D eigenvalue weighted by molar-refractivity contribution is 5.85. The summed E-state index contributed by atoms with van der Waals surface area (Å²) in [4.78, 5) is 2.15. The van der Waals surface area contributed by atoms with Gasteiger partial charge in [0.2, 0.25) is 0 Å². The van der Waals surface area contributed by atoms with E-state index in [4.69, 9.17) is 0 Å². The number of nitrogens with one attached hydrogen (secondary N) is 1. The van der Waals surface area contributed by atoms with E-state index in [0.29, 0.717) is 0 Å². The smallest absolute Gasteiger partial charge is 0.406 e. The van der Waals surface area contributed by atoms with Gasteiger partial charge in [0.05, 0.1) is 0 Å². The van der Waals surface area contributed by atoms with Gasteiger partial charge in [-0.1, -0.05) is 0 Å². The Hall–Kier alpha value is -1.14. The summed E-state index contributed by atoms with van der Waals surface area (Å²) in [6.45, 7) is 6.70. The fraction of sp³-hybridized carbons (Fsp3) is 0.538. The molecule has 0 saturated carbocycles. The summed E-state index contributed by atoms with van der Waals surface area (Å²) in [7, 11) is 0. The van der Waals surface area contributed by atoms with Crippen LogP contribution in [-0.4, -0.2) is 31.5 Å². The van der Waals surface area contributed by atoms with E-state index in [1.54, 1.807) is 12.1 Å². The van der Waals surface area contributed by atoms with Crippen molar-refractivity contribution >= 4 is 18.1 Å². The topological polar surface area (TPSA) is 24.5 Å². The number of ether oxygens (including phenoxy) is 1. The van der Waals surface area contributed by atoms with Gasteiger partial charge in [0.25, 0.3) is 0 Å². The quantitative estimate of drug-likeness (QED) is 0.908. The van der Waals surface area contributed by atoms with Crippen LogP contribution in [0.2, 0.25) is 0 Å². The van der Waals surface area contributed by atoms with E-state index < -0.39 is 6.36 Å². The Kier molecular flexibility index (Phi) is 5.15. The SMILES string of the molecule is CC1(C)CN(c2ccc(OC(F)(F)F)cc2)CCN1.Cl. The summed E-state index contributed by atoms with van der Waals surface area (Å²) in [6.07, 6.45) is -4.64. The molecule has 0 bridgehead atoms. The molecule has 0 aromatic heterocycles. The molecule has 0 radical (unpaired) electrons. The molecule has 7 heteroatoms. The fourth-order valence-corrected chi connectivity index (χ4v) is 2.22. The molecule has 1 aromatic rings. The van der Waals surface area contributed by atoms with Crippen LogP contribution in [0.15, 0.2) is 24.3 Å². The summed E-state index contributed by atoms with van der Waals surface area (Å²) in [5, 5.41) is 3.39. The van der Waals surface area contributed by atoms with Crippen molar-refractivity contribution in [3.05, 3.63) is 24.3 Å². The van der Waals surface area contributed by atoms with Crippen LogP contribution in [0.4, 0.5) is 18.9 Å². The van der Waals surface area contributed by atoms with Gasteiger partial charge < -0.3 is 15.0 Å². The van der Waals surface area contributed by atoms with Gasteiger partial charge in [-0.15, -0.1) is 25.6 Å². The van der Waals surface area contributed by atoms with Gasteiger partial charge in [-0.05, 0) is 38.1 Å². The fourth-order valence-electron chi connectivity index (χ4n) is 2.22. The van der Waals surface area contributed by atoms with Crippen LogP contribution < -0.4 is 15.0 Å². The molecule has 3 nitrogen and oxygen atoms in total. The van der Waals surface area contributed by atoms with E-state index in [0.717, 1.165) is 25.3 Å². The van der Waals surface area contributed by atoms with Crippen molar-refractivity contribution in [1.29, 1.82) is 0 Å². The number of rotatable bonds is 2. The molecule has 114 valence electrons. The van der Waals surface area contributed by atoms with E-state index >= 15 is 0 Å². The van der Waals surface area contributed by atoms with Gasteiger partial charge in [0.1, 0.15) is 5.75 Å². The number of alkyl halides is 3. The summed E-state index contributed by atoms with van der Waals surface area (Å²) < 4.78 is 40.0. The second kappa shape index (κ2) is 6.10. The Morgan fingerprint density at radius 1 is 1.20 bits per heavy atom. The summed E-state index contributed by atoms with van der Waals surface area (Å²) in [5.41, 5.74) is 0.906. The molecule has 20 heavy (non-hydrogen) atoms. The molecule has 1 saturated heterocycles. The predicted molar refractivity (Wildman–Crippen MR) is 74.7 cm³/mol. The van der Waals surface area contributed by atoms with Crippen molar-refractivity contribution in [3.8, 4) is 5.75 Å². The van der Waals surface area contributed by atoms with Crippen LogP contribution in [-0.2, 0) is 0 Å². The summed E-state index contributed by atoms with van der Waals surface area (Å²) >= 11 is 0. The first-order valence-corrected chi connectivity index (χ1v) is 6.11. The normalized spacial score (nSPS) is 18.4. The monoisotopic (exact) mass is 310 g/mol. The van der Waals surface area contributed by atoms with Gasteiger partial charge >= 0.3 is 6.36 Å². The van der Waals surface area contributed by atoms with Crippen LogP contribution in [0, 0.1) is 0 Å². The molecule has 0 spiro atoms. The van der Waals surface area contributed by atoms with Crippen molar-refractivity contribution in [3.63, 3.8) is 0 Å². The van der Waals surface area contributed by atoms with E-state index in [1.165, 1.54) is 12.1 Å². The van der Waals surface area contributed by atoms with Gasteiger partial charge in [0, 0.05) is 30.9 Å². The average Bonchev–Trinajstić information content (AvgIpc) is 2.26. The first kappa shape index (κ1) is 16.9. The van der Waals surface area contributed by atoms with E-state index in [9.17, 15) is 13.2 Å². The molecule has 1 N–H and O–H groups in total. The minimum Gasteiger partial charge on any atom is -0.406 e. The number of benzene rings is 1. The lowest BCUT2D eigenvalue weighted by Crippen LogP contribution is -2.57. The maximum atomic E-state index is 12.1. The highest BCUT2D eigenvalue weighted by atomic mass is 35.5. The van der Waals surface area contributed by atoms with Gasteiger partial charge in [-0.3, -0.25) is 0 Å².